The maximum atomic E-state index is 10.9. The zero-order valence-electron chi connectivity index (χ0n) is 9.24. The number of hydrogen-bond acceptors (Lipinski definition) is 3. The summed E-state index contributed by atoms with van der Waals surface area (Å²) >= 11 is 3.28. The minimum Gasteiger partial charge on any atom is -0.478 e. The fourth-order valence-corrected chi connectivity index (χ4v) is 2.17. The van der Waals surface area contributed by atoms with Crippen LogP contribution in [0.25, 0.3) is 0 Å². The van der Waals surface area contributed by atoms with Gasteiger partial charge in [-0.15, -0.1) is 0 Å². The monoisotopic (exact) mass is 299 g/mol. The molecule has 17 heavy (non-hydrogen) atoms. The number of halogens is 1. The van der Waals surface area contributed by atoms with Crippen LogP contribution in [0.1, 0.15) is 23.2 Å². The van der Waals surface area contributed by atoms with Gasteiger partial charge >= 0.3 is 5.97 Å². The highest BCUT2D eigenvalue weighted by atomic mass is 79.9. The van der Waals surface area contributed by atoms with Gasteiger partial charge in [0.1, 0.15) is 0 Å². The third kappa shape index (κ3) is 2.98. The Morgan fingerprint density at radius 2 is 2.12 bits per heavy atom. The second-order valence-corrected chi connectivity index (χ2v) is 5.46. The molecule has 1 saturated carbocycles. The highest BCUT2D eigenvalue weighted by Crippen LogP contribution is 2.45. The summed E-state index contributed by atoms with van der Waals surface area (Å²) in [7, 11) is 0. The van der Waals surface area contributed by atoms with E-state index in [1.807, 2.05) is 6.07 Å². The van der Waals surface area contributed by atoms with Gasteiger partial charge in [-0.05, 0) is 31.0 Å². The van der Waals surface area contributed by atoms with Crippen LogP contribution in [-0.4, -0.2) is 29.3 Å². The van der Waals surface area contributed by atoms with Crippen LogP contribution in [0.3, 0.4) is 0 Å². The Balaban J connectivity index is 2.07. The van der Waals surface area contributed by atoms with Crippen LogP contribution in [0.4, 0.5) is 5.69 Å². The summed E-state index contributed by atoms with van der Waals surface area (Å²) in [5.41, 5.74) is 1.01. The maximum absolute atomic E-state index is 10.9. The summed E-state index contributed by atoms with van der Waals surface area (Å²) in [6, 6.07) is 4.99. The number of hydrogen-bond donors (Lipinski definition) is 3. The van der Waals surface area contributed by atoms with Crippen molar-refractivity contribution in [1.29, 1.82) is 0 Å². The van der Waals surface area contributed by atoms with Crippen LogP contribution in [0.5, 0.6) is 0 Å². The lowest BCUT2D eigenvalue weighted by atomic mass is 10.1. The van der Waals surface area contributed by atoms with Crippen LogP contribution in [0, 0.1) is 5.41 Å². The topological polar surface area (TPSA) is 69.6 Å². The Labute approximate surface area is 108 Å². The summed E-state index contributed by atoms with van der Waals surface area (Å²) in [5.74, 6) is -0.947. The average molecular weight is 300 g/mol. The standard InChI is InChI=1S/C12H14BrNO3/c13-9-3-8(11(16)17)4-10(5-9)14-6-12(7-15)1-2-12/h3-5,14-15H,1-2,6-7H2,(H,16,17). The summed E-state index contributed by atoms with van der Waals surface area (Å²) in [5, 5.41) is 21.3. The maximum Gasteiger partial charge on any atom is 0.335 e. The van der Waals surface area contributed by atoms with Gasteiger partial charge in [-0.3, -0.25) is 0 Å². The lowest BCUT2D eigenvalue weighted by molar-refractivity contribution is 0.0697. The minimum atomic E-state index is -0.947. The molecule has 5 heteroatoms. The molecule has 1 aliphatic rings. The van der Waals surface area contributed by atoms with Crippen molar-refractivity contribution in [3.8, 4) is 0 Å². The predicted molar refractivity (Wildman–Crippen MR) is 68.3 cm³/mol. The fraction of sp³-hybridized carbons (Fsp3) is 0.417. The van der Waals surface area contributed by atoms with E-state index in [2.05, 4.69) is 21.2 Å². The highest BCUT2D eigenvalue weighted by molar-refractivity contribution is 9.10. The van der Waals surface area contributed by atoms with E-state index in [9.17, 15) is 9.90 Å². The molecule has 0 heterocycles. The number of nitrogens with one attached hydrogen (secondary N) is 1. The predicted octanol–water partition coefficient (Wildman–Crippen LogP) is 2.33. The smallest absolute Gasteiger partial charge is 0.335 e. The van der Waals surface area contributed by atoms with E-state index in [1.165, 1.54) is 0 Å². The van der Waals surface area contributed by atoms with E-state index in [0.29, 0.717) is 6.54 Å². The van der Waals surface area contributed by atoms with Crippen molar-refractivity contribution in [3.05, 3.63) is 28.2 Å². The molecule has 0 atom stereocenters. The lowest BCUT2D eigenvalue weighted by Gasteiger charge is -2.14. The Kier molecular flexibility index (Phi) is 3.40. The molecule has 2 rings (SSSR count). The molecule has 0 radical (unpaired) electrons. The molecule has 4 nitrogen and oxygen atoms in total. The van der Waals surface area contributed by atoms with Gasteiger partial charge in [-0.25, -0.2) is 4.79 Å². The molecule has 1 aromatic carbocycles. The number of aliphatic hydroxyl groups excluding tert-OH is 1. The van der Waals surface area contributed by atoms with Crippen molar-refractivity contribution >= 4 is 27.6 Å². The average Bonchev–Trinajstić information content (AvgIpc) is 3.06. The van der Waals surface area contributed by atoms with Crippen molar-refractivity contribution in [1.82, 2.24) is 0 Å². The zero-order chi connectivity index (χ0) is 12.5. The summed E-state index contributed by atoms with van der Waals surface area (Å²) in [6.45, 7) is 0.860. The van der Waals surface area contributed by atoms with Gasteiger partial charge in [-0.2, -0.15) is 0 Å². The molecule has 3 N–H and O–H groups in total. The van der Waals surface area contributed by atoms with Crippen molar-refractivity contribution in [2.45, 2.75) is 12.8 Å². The number of carbonyl (C=O) groups is 1. The third-order valence-corrected chi connectivity index (χ3v) is 3.56. The van der Waals surface area contributed by atoms with E-state index < -0.39 is 5.97 Å². The van der Waals surface area contributed by atoms with Crippen molar-refractivity contribution in [2.24, 2.45) is 5.41 Å². The largest absolute Gasteiger partial charge is 0.478 e. The van der Waals surface area contributed by atoms with E-state index >= 15 is 0 Å². The summed E-state index contributed by atoms with van der Waals surface area (Å²) in [4.78, 5) is 10.9. The molecule has 1 fully saturated rings. The first-order valence-corrected chi connectivity index (χ1v) is 6.23. The Morgan fingerprint density at radius 3 is 2.65 bits per heavy atom. The van der Waals surface area contributed by atoms with Crippen molar-refractivity contribution in [3.63, 3.8) is 0 Å². The Morgan fingerprint density at radius 1 is 1.41 bits per heavy atom. The number of anilines is 1. The van der Waals surface area contributed by atoms with Crippen molar-refractivity contribution in [2.75, 3.05) is 18.5 Å². The number of carboxylic acids is 1. The third-order valence-electron chi connectivity index (χ3n) is 3.10. The van der Waals surface area contributed by atoms with E-state index in [-0.39, 0.29) is 17.6 Å². The summed E-state index contributed by atoms with van der Waals surface area (Å²) in [6.07, 6.45) is 2.05. The molecule has 0 aromatic heterocycles. The first-order valence-electron chi connectivity index (χ1n) is 5.43. The molecule has 0 spiro atoms. The van der Waals surface area contributed by atoms with Crippen LogP contribution in [0.2, 0.25) is 0 Å². The molecule has 0 unspecified atom stereocenters. The summed E-state index contributed by atoms with van der Waals surface area (Å²) < 4.78 is 0.730. The van der Waals surface area contributed by atoms with Gasteiger partial charge in [0.2, 0.25) is 0 Å². The van der Waals surface area contributed by atoms with E-state index in [1.54, 1.807) is 12.1 Å². The first-order chi connectivity index (χ1) is 8.04. The van der Waals surface area contributed by atoms with Crippen LogP contribution in [-0.2, 0) is 0 Å². The Bertz CT molecular complexity index is 443. The van der Waals surface area contributed by atoms with Gasteiger partial charge in [0.15, 0.2) is 0 Å². The van der Waals surface area contributed by atoms with Crippen LogP contribution in [0.15, 0.2) is 22.7 Å². The number of rotatable bonds is 5. The molecule has 0 saturated heterocycles. The van der Waals surface area contributed by atoms with Gasteiger partial charge in [0.25, 0.3) is 0 Å². The molecule has 92 valence electrons. The van der Waals surface area contributed by atoms with Gasteiger partial charge < -0.3 is 15.5 Å². The molecular formula is C12H14BrNO3. The molecule has 0 aliphatic heterocycles. The molecular weight excluding hydrogens is 286 g/mol. The fourth-order valence-electron chi connectivity index (χ4n) is 1.67. The minimum absolute atomic E-state index is 0.00566. The van der Waals surface area contributed by atoms with E-state index in [4.69, 9.17) is 5.11 Å². The molecule has 0 bridgehead atoms. The van der Waals surface area contributed by atoms with Crippen LogP contribution < -0.4 is 5.32 Å². The zero-order valence-corrected chi connectivity index (χ0v) is 10.8. The van der Waals surface area contributed by atoms with Gasteiger partial charge in [0, 0.05) is 22.1 Å². The lowest BCUT2D eigenvalue weighted by Crippen LogP contribution is -2.19. The quantitative estimate of drug-likeness (QED) is 0.780. The Hall–Kier alpha value is -1.07. The SMILES string of the molecule is O=C(O)c1cc(Br)cc(NCC2(CO)CC2)c1. The van der Waals surface area contributed by atoms with Crippen LogP contribution >= 0.6 is 15.9 Å². The molecule has 1 aromatic rings. The number of benzene rings is 1. The highest BCUT2D eigenvalue weighted by Gasteiger charge is 2.41. The van der Waals surface area contributed by atoms with Gasteiger partial charge in [0.05, 0.1) is 12.2 Å². The second-order valence-electron chi connectivity index (χ2n) is 4.55. The number of carboxylic acid groups (broad SMARTS) is 1. The second kappa shape index (κ2) is 4.66. The molecule has 1 aliphatic carbocycles. The van der Waals surface area contributed by atoms with E-state index in [0.717, 1.165) is 23.0 Å². The van der Waals surface area contributed by atoms with Crippen molar-refractivity contribution < 1.29 is 15.0 Å². The first kappa shape index (κ1) is 12.4. The number of aromatic carboxylic acids is 1. The number of aliphatic hydroxyl groups is 1. The molecule has 0 amide bonds. The van der Waals surface area contributed by atoms with Gasteiger partial charge in [-0.1, -0.05) is 15.9 Å². The normalized spacial score (nSPS) is 16.6.